The van der Waals surface area contributed by atoms with Crippen LogP contribution in [0.4, 0.5) is 0 Å². The maximum Gasteiger partial charge on any atom is 0.225 e. The lowest BCUT2D eigenvalue weighted by molar-refractivity contribution is -0.143. The van der Waals surface area contributed by atoms with Gasteiger partial charge in [0.05, 0.1) is 19.1 Å². The summed E-state index contributed by atoms with van der Waals surface area (Å²) in [6, 6.07) is 14.2. The highest BCUT2D eigenvalue weighted by Crippen LogP contribution is 2.41. The van der Waals surface area contributed by atoms with E-state index >= 15 is 0 Å². The number of piperidine rings is 1. The van der Waals surface area contributed by atoms with Gasteiger partial charge in [0.2, 0.25) is 11.8 Å². The van der Waals surface area contributed by atoms with Crippen LogP contribution in [0.5, 0.6) is 11.5 Å². The van der Waals surface area contributed by atoms with Gasteiger partial charge < -0.3 is 20.1 Å². The fraction of sp³-hybridized carbons (Fsp3) is 0.417. The first-order chi connectivity index (χ1) is 14.6. The Kier molecular flexibility index (Phi) is 7.33. The molecule has 2 unspecified atom stereocenters. The minimum Gasteiger partial charge on any atom is -0.508 e. The zero-order valence-electron chi connectivity index (χ0n) is 17.6. The molecule has 3 rings (SSSR count). The summed E-state index contributed by atoms with van der Waals surface area (Å²) in [4.78, 5) is 27.9. The number of benzene rings is 2. The van der Waals surface area contributed by atoms with Crippen LogP contribution in [0, 0.1) is 5.92 Å². The minimum atomic E-state index is -0.387. The monoisotopic (exact) mass is 410 g/mol. The van der Waals surface area contributed by atoms with Crippen molar-refractivity contribution >= 4 is 11.8 Å². The van der Waals surface area contributed by atoms with Crippen molar-refractivity contribution in [2.24, 2.45) is 5.92 Å². The van der Waals surface area contributed by atoms with Crippen LogP contribution < -0.4 is 10.1 Å². The standard InChI is InChI=1S/C24H30N2O4/c1-3-4-15-26-22(28)14-13-19(23(26)18-10-6-8-12-21(18)30-2)24(29)25-16-17-9-5-7-11-20(17)27/h5-12,19,23,27H,3-4,13-16H2,1-2H3,(H,25,29). The van der Waals surface area contributed by atoms with E-state index in [0.717, 1.165) is 18.4 Å². The van der Waals surface area contributed by atoms with Crippen molar-refractivity contribution in [1.29, 1.82) is 0 Å². The molecule has 1 heterocycles. The average molecular weight is 411 g/mol. The van der Waals surface area contributed by atoms with Crippen LogP contribution in [0.3, 0.4) is 0 Å². The number of phenols is 1. The number of likely N-dealkylation sites (tertiary alicyclic amines) is 1. The molecule has 0 aromatic heterocycles. The Labute approximate surface area is 177 Å². The van der Waals surface area contributed by atoms with Crippen molar-refractivity contribution in [3.05, 3.63) is 59.7 Å². The number of carbonyl (C=O) groups excluding carboxylic acids is 2. The molecule has 2 aromatic carbocycles. The van der Waals surface area contributed by atoms with Gasteiger partial charge >= 0.3 is 0 Å². The molecule has 1 aliphatic rings. The van der Waals surface area contributed by atoms with Gasteiger partial charge in [-0.15, -0.1) is 0 Å². The highest BCUT2D eigenvalue weighted by molar-refractivity contribution is 5.85. The summed E-state index contributed by atoms with van der Waals surface area (Å²) in [6.07, 6.45) is 2.68. The highest BCUT2D eigenvalue weighted by atomic mass is 16.5. The molecule has 0 spiro atoms. The lowest BCUT2D eigenvalue weighted by atomic mass is 9.83. The van der Waals surface area contributed by atoms with Crippen molar-refractivity contribution in [3.8, 4) is 11.5 Å². The van der Waals surface area contributed by atoms with Crippen molar-refractivity contribution in [2.45, 2.75) is 45.2 Å². The number of aromatic hydroxyl groups is 1. The zero-order chi connectivity index (χ0) is 21.5. The Balaban J connectivity index is 1.88. The smallest absolute Gasteiger partial charge is 0.225 e. The minimum absolute atomic E-state index is 0.0732. The maximum atomic E-state index is 13.2. The number of phenolic OH excluding ortho intramolecular Hbond substituents is 1. The maximum absolute atomic E-state index is 13.2. The van der Waals surface area contributed by atoms with E-state index in [1.165, 1.54) is 0 Å². The van der Waals surface area contributed by atoms with E-state index in [4.69, 9.17) is 4.74 Å². The number of amides is 2. The van der Waals surface area contributed by atoms with E-state index in [9.17, 15) is 14.7 Å². The van der Waals surface area contributed by atoms with Crippen molar-refractivity contribution in [1.82, 2.24) is 10.2 Å². The lowest BCUT2D eigenvalue weighted by Gasteiger charge is -2.41. The third-order valence-electron chi connectivity index (χ3n) is 5.70. The van der Waals surface area contributed by atoms with E-state index in [2.05, 4.69) is 12.2 Å². The molecule has 30 heavy (non-hydrogen) atoms. The number of unbranched alkanes of at least 4 members (excludes halogenated alkanes) is 1. The van der Waals surface area contributed by atoms with Crippen LogP contribution in [0.25, 0.3) is 0 Å². The van der Waals surface area contributed by atoms with Crippen LogP contribution in [0.2, 0.25) is 0 Å². The molecule has 0 saturated carbocycles. The Bertz CT molecular complexity index is 883. The van der Waals surface area contributed by atoms with Gasteiger partial charge in [-0.05, 0) is 25.0 Å². The second kappa shape index (κ2) is 10.1. The Morgan fingerprint density at radius 3 is 2.67 bits per heavy atom. The van der Waals surface area contributed by atoms with Crippen LogP contribution in [-0.4, -0.2) is 35.5 Å². The number of hydrogen-bond donors (Lipinski definition) is 2. The molecule has 0 bridgehead atoms. The molecule has 1 aliphatic heterocycles. The molecule has 1 saturated heterocycles. The Morgan fingerprint density at radius 1 is 1.20 bits per heavy atom. The molecular weight excluding hydrogens is 380 g/mol. The molecular formula is C24H30N2O4. The second-order valence-corrected chi connectivity index (χ2v) is 7.62. The van der Waals surface area contributed by atoms with Crippen molar-refractivity contribution < 1.29 is 19.4 Å². The Hall–Kier alpha value is -3.02. The predicted octanol–water partition coefficient (Wildman–Crippen LogP) is 3.80. The van der Waals surface area contributed by atoms with Gasteiger partial charge in [-0.3, -0.25) is 9.59 Å². The van der Waals surface area contributed by atoms with Crippen molar-refractivity contribution in [3.63, 3.8) is 0 Å². The van der Waals surface area contributed by atoms with Crippen molar-refractivity contribution in [2.75, 3.05) is 13.7 Å². The first-order valence-corrected chi connectivity index (χ1v) is 10.5. The number of rotatable bonds is 8. The van der Waals surface area contributed by atoms with Gasteiger partial charge in [0.25, 0.3) is 0 Å². The highest BCUT2D eigenvalue weighted by Gasteiger charge is 2.41. The van der Waals surface area contributed by atoms with Crippen LogP contribution >= 0.6 is 0 Å². The molecule has 0 radical (unpaired) electrons. The molecule has 0 aliphatic carbocycles. The molecule has 160 valence electrons. The van der Waals surface area contributed by atoms with E-state index in [1.54, 1.807) is 25.3 Å². The predicted molar refractivity (Wildman–Crippen MR) is 115 cm³/mol. The number of nitrogens with one attached hydrogen (secondary N) is 1. The fourth-order valence-corrected chi connectivity index (χ4v) is 4.09. The molecule has 1 fully saturated rings. The summed E-state index contributed by atoms with van der Waals surface area (Å²) >= 11 is 0. The number of methoxy groups -OCH3 is 1. The number of carbonyl (C=O) groups is 2. The van der Waals surface area contributed by atoms with E-state index < -0.39 is 0 Å². The first kappa shape index (κ1) is 21.7. The summed E-state index contributed by atoms with van der Waals surface area (Å²) in [5.41, 5.74) is 1.52. The fourth-order valence-electron chi connectivity index (χ4n) is 4.09. The third-order valence-corrected chi connectivity index (χ3v) is 5.70. The van der Waals surface area contributed by atoms with E-state index in [0.29, 0.717) is 30.7 Å². The molecule has 2 N–H and O–H groups in total. The molecule has 2 aromatic rings. The Morgan fingerprint density at radius 2 is 1.93 bits per heavy atom. The van der Waals surface area contributed by atoms with Crippen LogP contribution in [-0.2, 0) is 16.1 Å². The number of nitrogens with zero attached hydrogens (tertiary/aromatic N) is 1. The van der Waals surface area contributed by atoms with E-state index in [1.807, 2.05) is 35.2 Å². The SMILES string of the molecule is CCCCN1C(=O)CCC(C(=O)NCc2ccccc2O)C1c1ccccc1OC. The number of ether oxygens (including phenoxy) is 1. The average Bonchev–Trinajstić information content (AvgIpc) is 2.77. The zero-order valence-corrected chi connectivity index (χ0v) is 17.6. The van der Waals surface area contributed by atoms with Gasteiger partial charge in [-0.25, -0.2) is 0 Å². The largest absolute Gasteiger partial charge is 0.508 e. The van der Waals surface area contributed by atoms with Gasteiger partial charge in [-0.1, -0.05) is 49.7 Å². The number of hydrogen-bond acceptors (Lipinski definition) is 4. The summed E-state index contributed by atoms with van der Waals surface area (Å²) in [6.45, 7) is 2.94. The number of para-hydroxylation sites is 2. The summed E-state index contributed by atoms with van der Waals surface area (Å²) < 4.78 is 5.56. The normalized spacial score (nSPS) is 18.9. The molecule has 2 atom stereocenters. The first-order valence-electron chi connectivity index (χ1n) is 10.5. The van der Waals surface area contributed by atoms with Gasteiger partial charge in [0, 0.05) is 30.6 Å². The summed E-state index contributed by atoms with van der Waals surface area (Å²) in [7, 11) is 1.60. The van der Waals surface area contributed by atoms with Crippen LogP contribution in [0.1, 0.15) is 49.8 Å². The summed E-state index contributed by atoms with van der Waals surface area (Å²) in [5.74, 6) is 0.397. The molecule has 2 amide bonds. The topological polar surface area (TPSA) is 78.9 Å². The molecule has 6 nitrogen and oxygen atoms in total. The lowest BCUT2D eigenvalue weighted by Crippen LogP contribution is -2.48. The molecule has 6 heteroatoms. The van der Waals surface area contributed by atoms with E-state index in [-0.39, 0.29) is 36.1 Å². The van der Waals surface area contributed by atoms with Gasteiger partial charge in [0.15, 0.2) is 0 Å². The van der Waals surface area contributed by atoms with Gasteiger partial charge in [-0.2, -0.15) is 0 Å². The second-order valence-electron chi connectivity index (χ2n) is 7.62. The van der Waals surface area contributed by atoms with Gasteiger partial charge in [0.1, 0.15) is 11.5 Å². The van der Waals surface area contributed by atoms with Crippen LogP contribution in [0.15, 0.2) is 48.5 Å². The quantitative estimate of drug-likeness (QED) is 0.694. The third kappa shape index (κ3) is 4.75. The summed E-state index contributed by atoms with van der Waals surface area (Å²) in [5, 5.41) is 12.9.